The largest absolute Gasteiger partial charge is 0.379 e. The van der Waals surface area contributed by atoms with Crippen molar-refractivity contribution < 1.29 is 17.9 Å². The van der Waals surface area contributed by atoms with Gasteiger partial charge in [0.15, 0.2) is 0 Å². The van der Waals surface area contributed by atoms with Gasteiger partial charge >= 0.3 is 0 Å². The summed E-state index contributed by atoms with van der Waals surface area (Å²) in [6.07, 6.45) is 1.58. The summed E-state index contributed by atoms with van der Waals surface area (Å²) in [6.45, 7) is 7.24. The summed E-state index contributed by atoms with van der Waals surface area (Å²) >= 11 is 1.56. The molecule has 8 heteroatoms. The van der Waals surface area contributed by atoms with E-state index in [4.69, 9.17) is 4.74 Å². The number of aryl methyl sites for hydroxylation is 1. The molecule has 0 aliphatic carbocycles. The van der Waals surface area contributed by atoms with Crippen LogP contribution in [0.25, 0.3) is 10.4 Å². The highest BCUT2D eigenvalue weighted by Gasteiger charge is 2.28. The van der Waals surface area contributed by atoms with Crippen molar-refractivity contribution in [3.8, 4) is 10.4 Å². The molecule has 0 saturated carbocycles. The Hall–Kier alpha value is -2.00. The maximum atomic E-state index is 13.1. The zero-order chi connectivity index (χ0) is 19.4. The topological polar surface area (TPSA) is 75.7 Å². The lowest BCUT2D eigenvalue weighted by molar-refractivity contribution is 0.0730. The monoisotopic (exact) mass is 406 g/mol. The summed E-state index contributed by atoms with van der Waals surface area (Å²) in [5.41, 5.74) is 1.03. The Balaban J connectivity index is 2.06. The smallest absolute Gasteiger partial charge is 0.251 e. The lowest BCUT2D eigenvalue weighted by Crippen LogP contribution is -2.40. The Kier molecular flexibility index (Phi) is 6.11. The van der Waals surface area contributed by atoms with E-state index in [1.807, 2.05) is 19.1 Å². The highest BCUT2D eigenvalue weighted by atomic mass is 32.2. The Morgan fingerprint density at radius 3 is 2.67 bits per heavy atom. The predicted molar refractivity (Wildman–Crippen MR) is 107 cm³/mol. The van der Waals surface area contributed by atoms with E-state index in [-0.39, 0.29) is 10.8 Å². The molecule has 3 rings (SSSR count). The highest BCUT2D eigenvalue weighted by Crippen LogP contribution is 2.31. The van der Waals surface area contributed by atoms with E-state index < -0.39 is 10.0 Å². The molecule has 0 radical (unpaired) electrons. The number of nitrogens with one attached hydrogen (secondary N) is 1. The van der Waals surface area contributed by atoms with Crippen LogP contribution in [-0.2, 0) is 14.8 Å². The second-order valence-corrected chi connectivity index (χ2v) is 9.40. The first-order chi connectivity index (χ1) is 12.9. The number of sulfonamides is 1. The van der Waals surface area contributed by atoms with E-state index in [9.17, 15) is 13.2 Å². The van der Waals surface area contributed by atoms with Crippen molar-refractivity contribution in [3.63, 3.8) is 0 Å². The van der Waals surface area contributed by atoms with Gasteiger partial charge in [-0.15, -0.1) is 17.9 Å². The lowest BCUT2D eigenvalue weighted by atomic mass is 10.1. The third-order valence-corrected chi connectivity index (χ3v) is 7.13. The fourth-order valence-electron chi connectivity index (χ4n) is 2.81. The summed E-state index contributed by atoms with van der Waals surface area (Å²) in [5.74, 6) is -0.330. The van der Waals surface area contributed by atoms with E-state index in [1.165, 1.54) is 10.4 Å². The van der Waals surface area contributed by atoms with Gasteiger partial charge in [-0.05, 0) is 42.8 Å². The van der Waals surface area contributed by atoms with E-state index in [0.717, 1.165) is 9.75 Å². The molecule has 1 aliphatic heterocycles. The van der Waals surface area contributed by atoms with Crippen LogP contribution in [0.3, 0.4) is 0 Å². The normalized spacial score (nSPS) is 15.4. The van der Waals surface area contributed by atoms with E-state index in [0.29, 0.717) is 44.0 Å². The number of hydrogen-bond acceptors (Lipinski definition) is 5. The molecule has 2 aromatic rings. The van der Waals surface area contributed by atoms with Gasteiger partial charge in [0.1, 0.15) is 0 Å². The van der Waals surface area contributed by atoms with Gasteiger partial charge in [0.05, 0.1) is 18.1 Å². The van der Waals surface area contributed by atoms with Gasteiger partial charge in [-0.3, -0.25) is 4.79 Å². The molecule has 144 valence electrons. The third-order valence-electron chi connectivity index (χ3n) is 4.21. The van der Waals surface area contributed by atoms with E-state index >= 15 is 0 Å². The number of carbonyl (C=O) groups excluding carboxylic acids is 1. The minimum Gasteiger partial charge on any atom is -0.379 e. The minimum absolute atomic E-state index is 0.122. The molecule has 1 aromatic heterocycles. The molecule has 0 bridgehead atoms. The van der Waals surface area contributed by atoms with Gasteiger partial charge in [0, 0.05) is 35.0 Å². The number of carbonyl (C=O) groups is 1. The molecule has 0 atom stereocenters. The number of rotatable bonds is 6. The zero-order valence-electron chi connectivity index (χ0n) is 15.1. The second kappa shape index (κ2) is 8.35. The molecule has 1 fully saturated rings. The van der Waals surface area contributed by atoms with Gasteiger partial charge in [0.2, 0.25) is 10.0 Å². The summed E-state index contributed by atoms with van der Waals surface area (Å²) in [6, 6.07) is 8.71. The average Bonchev–Trinajstić information content (AvgIpc) is 3.13. The first kappa shape index (κ1) is 19.8. The van der Waals surface area contributed by atoms with Crippen LogP contribution in [0.15, 0.2) is 47.9 Å². The second-order valence-electron chi connectivity index (χ2n) is 6.17. The average molecular weight is 407 g/mol. The standard InChI is InChI=1S/C19H22N2O4S2/c1-3-6-20-19(22)16-11-15(18-5-4-14(2)26-18)12-17(13-16)27(23,24)21-7-9-25-10-8-21/h3-5,11-13H,1,6-10H2,2H3,(H,20,22). The summed E-state index contributed by atoms with van der Waals surface area (Å²) in [7, 11) is -3.70. The molecule has 1 saturated heterocycles. The third kappa shape index (κ3) is 4.47. The number of ether oxygens (including phenoxy) is 1. The Bertz CT molecular complexity index is 944. The van der Waals surface area contributed by atoms with E-state index in [2.05, 4.69) is 11.9 Å². The van der Waals surface area contributed by atoms with Crippen molar-refractivity contribution in [1.29, 1.82) is 0 Å². The quantitative estimate of drug-likeness (QED) is 0.749. The van der Waals surface area contributed by atoms with Gasteiger partial charge < -0.3 is 10.1 Å². The number of thiophene rings is 1. The summed E-state index contributed by atoms with van der Waals surface area (Å²) < 4.78 is 32.8. The fourth-order valence-corrected chi connectivity index (χ4v) is 5.15. The maximum absolute atomic E-state index is 13.1. The fraction of sp³-hybridized carbons (Fsp3) is 0.316. The number of amides is 1. The van der Waals surface area contributed by atoms with Crippen molar-refractivity contribution in [3.05, 3.63) is 53.4 Å². The lowest BCUT2D eigenvalue weighted by Gasteiger charge is -2.26. The molecule has 27 heavy (non-hydrogen) atoms. The van der Waals surface area contributed by atoms with Gasteiger partial charge in [0.25, 0.3) is 5.91 Å². The van der Waals surface area contributed by atoms with Crippen molar-refractivity contribution in [2.75, 3.05) is 32.8 Å². The van der Waals surface area contributed by atoms with Crippen LogP contribution in [0.2, 0.25) is 0 Å². The Labute approximate surface area is 163 Å². The van der Waals surface area contributed by atoms with E-state index in [1.54, 1.807) is 29.5 Å². The number of nitrogens with zero attached hydrogens (tertiary/aromatic N) is 1. The van der Waals surface area contributed by atoms with Crippen molar-refractivity contribution >= 4 is 27.3 Å². The molecule has 2 heterocycles. The summed E-state index contributed by atoms with van der Waals surface area (Å²) in [5, 5.41) is 2.71. The van der Waals surface area contributed by atoms with Crippen molar-refractivity contribution in [2.45, 2.75) is 11.8 Å². The van der Waals surface area contributed by atoms with Crippen LogP contribution >= 0.6 is 11.3 Å². The van der Waals surface area contributed by atoms with Crippen LogP contribution in [0.1, 0.15) is 15.2 Å². The van der Waals surface area contributed by atoms with Crippen LogP contribution < -0.4 is 5.32 Å². The molecular weight excluding hydrogens is 384 g/mol. The van der Waals surface area contributed by atoms with Crippen LogP contribution in [0.4, 0.5) is 0 Å². The first-order valence-corrected chi connectivity index (χ1v) is 10.9. The molecule has 1 aromatic carbocycles. The summed E-state index contributed by atoms with van der Waals surface area (Å²) in [4.78, 5) is 14.6. The van der Waals surface area contributed by atoms with Crippen LogP contribution in [-0.4, -0.2) is 51.5 Å². The molecule has 6 nitrogen and oxygen atoms in total. The first-order valence-electron chi connectivity index (χ1n) is 8.60. The molecular formula is C19H22N2O4S2. The molecule has 1 aliphatic rings. The number of benzene rings is 1. The maximum Gasteiger partial charge on any atom is 0.251 e. The Morgan fingerprint density at radius 2 is 2.04 bits per heavy atom. The van der Waals surface area contributed by atoms with Crippen LogP contribution in [0, 0.1) is 6.92 Å². The van der Waals surface area contributed by atoms with Gasteiger partial charge in [-0.1, -0.05) is 6.08 Å². The van der Waals surface area contributed by atoms with Crippen molar-refractivity contribution in [1.82, 2.24) is 9.62 Å². The highest BCUT2D eigenvalue weighted by molar-refractivity contribution is 7.89. The predicted octanol–water partition coefficient (Wildman–Crippen LogP) is 2.66. The number of morpholine rings is 1. The zero-order valence-corrected chi connectivity index (χ0v) is 16.7. The van der Waals surface area contributed by atoms with Gasteiger partial charge in [-0.2, -0.15) is 4.31 Å². The van der Waals surface area contributed by atoms with Crippen LogP contribution in [0.5, 0.6) is 0 Å². The SMILES string of the molecule is C=CCNC(=O)c1cc(-c2ccc(C)s2)cc(S(=O)(=O)N2CCOCC2)c1. The minimum atomic E-state index is -3.70. The molecule has 1 N–H and O–H groups in total. The molecule has 0 spiro atoms. The molecule has 0 unspecified atom stereocenters. The molecule has 1 amide bonds. The van der Waals surface area contributed by atoms with Gasteiger partial charge in [-0.25, -0.2) is 8.42 Å². The van der Waals surface area contributed by atoms with Crippen molar-refractivity contribution in [2.24, 2.45) is 0 Å². The number of hydrogen-bond donors (Lipinski definition) is 1. The Morgan fingerprint density at radius 1 is 1.30 bits per heavy atom.